The summed E-state index contributed by atoms with van der Waals surface area (Å²) in [5.74, 6) is -1.04. The van der Waals surface area contributed by atoms with E-state index in [-0.39, 0.29) is 17.6 Å². The monoisotopic (exact) mass is 491 g/mol. The molecule has 2 aliphatic rings. The van der Waals surface area contributed by atoms with E-state index in [9.17, 15) is 18.4 Å². The zero-order chi connectivity index (χ0) is 24.5. The summed E-state index contributed by atoms with van der Waals surface area (Å²) in [5.41, 5.74) is 2.03. The topological polar surface area (TPSA) is 43.9 Å². The van der Waals surface area contributed by atoms with E-state index >= 15 is 0 Å². The third-order valence-corrected chi connectivity index (χ3v) is 7.33. The van der Waals surface area contributed by atoms with Gasteiger partial charge in [0.15, 0.2) is 0 Å². The number of hydrogen-bond donors (Lipinski definition) is 0. The summed E-state index contributed by atoms with van der Waals surface area (Å²) < 4.78 is 28.2. The molecular formula is C27H23F2N3O2S. The van der Waals surface area contributed by atoms with Gasteiger partial charge in [-0.15, -0.1) is 0 Å². The second-order valence-electron chi connectivity index (χ2n) is 8.41. The molecule has 1 saturated heterocycles. The molecule has 0 radical (unpaired) electrons. The maximum atomic E-state index is 14.1. The predicted octanol–water partition coefficient (Wildman–Crippen LogP) is 5.04. The van der Waals surface area contributed by atoms with Crippen LogP contribution in [0, 0.1) is 11.6 Å². The zero-order valence-corrected chi connectivity index (χ0v) is 19.9. The van der Waals surface area contributed by atoms with Crippen LogP contribution in [-0.4, -0.2) is 49.9 Å². The van der Waals surface area contributed by atoms with Crippen molar-refractivity contribution in [3.05, 3.63) is 94.4 Å². The number of likely N-dealkylation sites (N-methyl/N-ethyl adjacent to an activating group) is 1. The number of piperazine rings is 1. The van der Waals surface area contributed by atoms with Crippen LogP contribution in [0.2, 0.25) is 0 Å². The molecule has 5 nitrogen and oxygen atoms in total. The van der Waals surface area contributed by atoms with Gasteiger partial charge in [-0.05, 0) is 42.5 Å². The Balaban J connectivity index is 1.32. The van der Waals surface area contributed by atoms with Crippen molar-refractivity contribution < 1.29 is 18.4 Å². The quantitative estimate of drug-likeness (QED) is 0.482. The molecule has 1 fully saturated rings. The molecule has 2 aliphatic heterocycles. The van der Waals surface area contributed by atoms with E-state index in [2.05, 4.69) is 0 Å². The Morgan fingerprint density at radius 1 is 0.886 bits per heavy atom. The van der Waals surface area contributed by atoms with E-state index in [1.807, 2.05) is 11.0 Å². The first-order valence-corrected chi connectivity index (χ1v) is 12.1. The Morgan fingerprint density at radius 2 is 1.57 bits per heavy atom. The Morgan fingerprint density at radius 3 is 2.29 bits per heavy atom. The second kappa shape index (κ2) is 9.54. The number of carbonyl (C=O) groups excluding carboxylic acids is 2. The minimum atomic E-state index is -0.391. The summed E-state index contributed by atoms with van der Waals surface area (Å²) in [4.78, 5) is 32.6. The highest BCUT2D eigenvalue weighted by atomic mass is 32.2. The fraction of sp³-hybridized carbons (Fsp3) is 0.185. The van der Waals surface area contributed by atoms with Crippen LogP contribution >= 0.6 is 11.8 Å². The summed E-state index contributed by atoms with van der Waals surface area (Å²) >= 11 is 1.26. The molecule has 0 saturated carbocycles. The maximum Gasteiger partial charge on any atom is 0.264 e. The number of rotatable bonds is 3. The van der Waals surface area contributed by atoms with E-state index < -0.39 is 5.82 Å². The zero-order valence-electron chi connectivity index (χ0n) is 19.1. The standard InChI is InChI=1S/C27H23F2N3O2S/c1-30-23-16-19(26(33)32-14-12-31(13-15-32)22-9-5-4-8-21(22)29)10-11-24(23)35-25(27(30)34)17-18-6-2-3-7-20(18)28/h2-11,16-17H,12-15H2,1H3. The first-order valence-electron chi connectivity index (χ1n) is 11.3. The minimum Gasteiger partial charge on any atom is -0.366 e. The number of benzene rings is 3. The number of fused-ring (bicyclic) bond motifs is 1. The molecule has 0 N–H and O–H groups in total. The number of nitrogens with zero attached hydrogens (tertiary/aromatic N) is 3. The van der Waals surface area contributed by atoms with E-state index in [0.717, 1.165) is 4.90 Å². The average molecular weight is 492 g/mol. The Bertz CT molecular complexity index is 1340. The normalized spacial score (nSPS) is 17.1. The van der Waals surface area contributed by atoms with Crippen molar-refractivity contribution in [1.82, 2.24) is 4.90 Å². The first kappa shape index (κ1) is 23.1. The highest BCUT2D eigenvalue weighted by molar-refractivity contribution is 8.04. The molecule has 5 rings (SSSR count). The lowest BCUT2D eigenvalue weighted by molar-refractivity contribution is -0.114. The van der Waals surface area contributed by atoms with Crippen LogP contribution in [0.5, 0.6) is 0 Å². The van der Waals surface area contributed by atoms with Crippen LogP contribution in [-0.2, 0) is 4.79 Å². The number of para-hydroxylation sites is 1. The molecule has 2 heterocycles. The van der Waals surface area contributed by atoms with Crippen molar-refractivity contribution in [3.8, 4) is 0 Å². The third kappa shape index (κ3) is 4.53. The number of anilines is 2. The number of hydrogen-bond acceptors (Lipinski definition) is 4. The van der Waals surface area contributed by atoms with Crippen LogP contribution in [0.4, 0.5) is 20.2 Å². The molecule has 2 amide bonds. The number of carbonyl (C=O) groups is 2. The van der Waals surface area contributed by atoms with Crippen molar-refractivity contribution in [2.75, 3.05) is 43.0 Å². The van der Waals surface area contributed by atoms with Gasteiger partial charge in [-0.2, -0.15) is 0 Å². The van der Waals surface area contributed by atoms with Gasteiger partial charge in [-0.1, -0.05) is 42.1 Å². The Labute approximate surface area is 206 Å². The van der Waals surface area contributed by atoms with Crippen molar-refractivity contribution >= 4 is 41.0 Å². The lowest BCUT2D eigenvalue weighted by Gasteiger charge is -2.36. The summed E-state index contributed by atoms with van der Waals surface area (Å²) in [6.45, 7) is 2.03. The molecule has 178 valence electrons. The predicted molar refractivity (Wildman–Crippen MR) is 135 cm³/mol. The number of amides is 2. The summed E-state index contributed by atoms with van der Waals surface area (Å²) in [6.07, 6.45) is 1.55. The fourth-order valence-electron chi connectivity index (χ4n) is 4.30. The summed E-state index contributed by atoms with van der Waals surface area (Å²) in [6, 6.07) is 18.3. The molecule has 0 bridgehead atoms. The van der Waals surface area contributed by atoms with Gasteiger partial charge in [0.05, 0.1) is 16.3 Å². The Hall–Kier alpha value is -3.65. The molecule has 8 heteroatoms. The van der Waals surface area contributed by atoms with E-state index in [0.29, 0.717) is 53.6 Å². The second-order valence-corrected chi connectivity index (χ2v) is 9.49. The SMILES string of the molecule is CN1C(=O)C(=Cc2ccccc2F)Sc2ccc(C(=O)N3CCN(c4ccccc4F)CC3)cc21. The van der Waals surface area contributed by atoms with E-state index in [1.165, 1.54) is 28.8 Å². The Kier molecular flexibility index (Phi) is 6.30. The molecular weight excluding hydrogens is 468 g/mol. The van der Waals surface area contributed by atoms with Gasteiger partial charge in [-0.25, -0.2) is 8.78 Å². The third-order valence-electron chi connectivity index (χ3n) is 6.25. The molecule has 3 aromatic rings. The van der Waals surface area contributed by atoms with Gasteiger partial charge in [0, 0.05) is 49.2 Å². The van der Waals surface area contributed by atoms with Crippen LogP contribution in [0.15, 0.2) is 76.5 Å². The fourth-order valence-corrected chi connectivity index (χ4v) is 5.38. The van der Waals surface area contributed by atoms with Crippen molar-refractivity contribution in [2.45, 2.75) is 4.90 Å². The van der Waals surface area contributed by atoms with E-state index in [4.69, 9.17) is 0 Å². The van der Waals surface area contributed by atoms with Crippen LogP contribution in [0.1, 0.15) is 15.9 Å². The maximum absolute atomic E-state index is 14.1. The molecule has 0 atom stereocenters. The van der Waals surface area contributed by atoms with Crippen molar-refractivity contribution in [1.29, 1.82) is 0 Å². The minimum absolute atomic E-state index is 0.125. The van der Waals surface area contributed by atoms with Crippen molar-refractivity contribution in [2.24, 2.45) is 0 Å². The lowest BCUT2D eigenvalue weighted by Crippen LogP contribution is -2.49. The van der Waals surface area contributed by atoms with Gasteiger partial charge in [0.25, 0.3) is 11.8 Å². The largest absolute Gasteiger partial charge is 0.366 e. The molecule has 3 aromatic carbocycles. The van der Waals surface area contributed by atoms with E-state index in [1.54, 1.807) is 66.6 Å². The molecule has 0 aliphatic carbocycles. The van der Waals surface area contributed by atoms with Crippen molar-refractivity contribution in [3.63, 3.8) is 0 Å². The smallest absolute Gasteiger partial charge is 0.264 e. The average Bonchev–Trinajstić information content (AvgIpc) is 2.88. The lowest BCUT2D eigenvalue weighted by atomic mass is 10.1. The first-order chi connectivity index (χ1) is 16.9. The van der Waals surface area contributed by atoms with Crippen LogP contribution in [0.3, 0.4) is 0 Å². The highest BCUT2D eigenvalue weighted by Gasteiger charge is 2.29. The van der Waals surface area contributed by atoms with Gasteiger partial charge in [-0.3, -0.25) is 9.59 Å². The summed E-state index contributed by atoms with van der Waals surface area (Å²) in [5, 5.41) is 0. The van der Waals surface area contributed by atoms with Gasteiger partial charge in [0.1, 0.15) is 11.6 Å². The molecule has 0 spiro atoms. The number of thioether (sulfide) groups is 1. The van der Waals surface area contributed by atoms with Gasteiger partial charge >= 0.3 is 0 Å². The van der Waals surface area contributed by atoms with Gasteiger partial charge in [0.2, 0.25) is 0 Å². The molecule has 35 heavy (non-hydrogen) atoms. The number of halogens is 2. The van der Waals surface area contributed by atoms with Gasteiger partial charge < -0.3 is 14.7 Å². The van der Waals surface area contributed by atoms with Crippen LogP contribution in [0.25, 0.3) is 6.08 Å². The molecule has 0 aromatic heterocycles. The molecule has 0 unspecified atom stereocenters. The van der Waals surface area contributed by atoms with Crippen LogP contribution < -0.4 is 9.80 Å². The summed E-state index contributed by atoms with van der Waals surface area (Å²) in [7, 11) is 1.65. The highest BCUT2D eigenvalue weighted by Crippen LogP contribution is 2.42.